The first kappa shape index (κ1) is 20.0. The Morgan fingerprint density at radius 2 is 1.90 bits per heavy atom. The number of ether oxygens (including phenoxy) is 2. The second kappa shape index (κ2) is 7.97. The fourth-order valence-corrected chi connectivity index (χ4v) is 5.26. The van der Waals surface area contributed by atoms with Crippen molar-refractivity contribution in [1.82, 2.24) is 14.4 Å². The van der Waals surface area contributed by atoms with Gasteiger partial charge in [-0.15, -0.1) is 0 Å². The van der Waals surface area contributed by atoms with E-state index in [0.29, 0.717) is 36.1 Å². The van der Waals surface area contributed by atoms with Gasteiger partial charge in [0.15, 0.2) is 11.5 Å². The minimum Gasteiger partial charge on any atom is -0.486 e. The van der Waals surface area contributed by atoms with Crippen LogP contribution in [0.1, 0.15) is 35.9 Å². The summed E-state index contributed by atoms with van der Waals surface area (Å²) < 4.78 is 43.4. The molecule has 162 valence electrons. The zero-order chi connectivity index (χ0) is 21.4. The third kappa shape index (κ3) is 4.03. The Morgan fingerprint density at radius 1 is 1.10 bits per heavy atom. The molecule has 3 aromatic rings. The highest BCUT2D eigenvalue weighted by molar-refractivity contribution is 7.88. The van der Waals surface area contributed by atoms with Crippen LogP contribution in [0.5, 0.6) is 11.5 Å². The fraction of sp³-hybridized carbons (Fsp3) is 0.364. The van der Waals surface area contributed by atoms with Crippen LogP contribution in [0.15, 0.2) is 47.0 Å². The molecule has 9 heteroatoms. The van der Waals surface area contributed by atoms with Crippen molar-refractivity contribution in [2.24, 2.45) is 0 Å². The molecule has 8 nitrogen and oxygen atoms in total. The lowest BCUT2D eigenvalue weighted by Crippen LogP contribution is -2.35. The van der Waals surface area contributed by atoms with Crippen molar-refractivity contribution < 1.29 is 22.4 Å². The molecule has 1 aliphatic heterocycles. The molecule has 2 aromatic carbocycles. The number of fused-ring (bicyclic) bond motifs is 2. The summed E-state index contributed by atoms with van der Waals surface area (Å²) in [6.07, 6.45) is 3.87. The summed E-state index contributed by atoms with van der Waals surface area (Å²) in [5, 5.41) is 4.06. The number of nitrogens with zero attached hydrogens (tertiary/aromatic N) is 3. The molecule has 31 heavy (non-hydrogen) atoms. The summed E-state index contributed by atoms with van der Waals surface area (Å²) in [6.45, 7) is 1.03. The van der Waals surface area contributed by atoms with E-state index >= 15 is 0 Å². The Kier molecular flexibility index (Phi) is 5.15. The Labute approximate surface area is 180 Å². The Hall–Kier alpha value is -2.91. The van der Waals surface area contributed by atoms with Gasteiger partial charge in [-0.3, -0.25) is 0 Å². The van der Waals surface area contributed by atoms with Gasteiger partial charge in [0.05, 0.1) is 18.8 Å². The molecule has 0 unspecified atom stereocenters. The zero-order valence-corrected chi connectivity index (χ0v) is 18.0. The first-order valence-electron chi connectivity index (χ1n) is 10.3. The van der Waals surface area contributed by atoms with Gasteiger partial charge in [0.1, 0.15) is 13.2 Å². The summed E-state index contributed by atoms with van der Waals surface area (Å²) in [4.78, 5) is 4.45. The van der Waals surface area contributed by atoms with Gasteiger partial charge in [-0.05, 0) is 48.6 Å². The molecule has 2 aliphatic rings. The summed E-state index contributed by atoms with van der Waals surface area (Å²) in [6, 6.07) is 13.2. The standard InChI is InChI=1S/C22H23N3O5S/c1-31(26,27)25(18-8-4-6-15-5-2-3-7-17(15)18)14-21-23-22(24-30-21)16-9-10-19-20(13-16)29-12-11-28-19/h2-3,5,7,9-10,13,18H,4,6,8,11-12,14H2,1H3/t18-/m1/s1. The maximum absolute atomic E-state index is 12.7. The lowest BCUT2D eigenvalue weighted by atomic mass is 9.88. The van der Waals surface area contributed by atoms with E-state index in [1.807, 2.05) is 30.3 Å². The lowest BCUT2D eigenvalue weighted by Gasteiger charge is -2.33. The van der Waals surface area contributed by atoms with E-state index in [1.165, 1.54) is 16.1 Å². The first-order chi connectivity index (χ1) is 15.0. The molecule has 0 saturated carbocycles. The third-order valence-electron chi connectivity index (χ3n) is 5.67. The number of benzene rings is 2. The quantitative estimate of drug-likeness (QED) is 0.599. The number of hydrogen-bond donors (Lipinski definition) is 0. The number of aryl methyl sites for hydroxylation is 1. The monoisotopic (exact) mass is 441 g/mol. The second-order valence-electron chi connectivity index (χ2n) is 7.79. The summed E-state index contributed by atoms with van der Waals surface area (Å²) in [5.74, 6) is 1.94. The number of hydrogen-bond acceptors (Lipinski definition) is 7. The fourth-order valence-electron chi connectivity index (χ4n) is 4.24. The van der Waals surface area contributed by atoms with E-state index in [2.05, 4.69) is 16.2 Å². The third-order valence-corrected chi connectivity index (χ3v) is 6.91. The SMILES string of the molecule is CS(=O)(=O)N(Cc1nc(-c2ccc3c(c2)OCCO3)no1)[C@@H]1CCCc2ccccc21. The molecular weight excluding hydrogens is 418 g/mol. The molecule has 2 heterocycles. The molecule has 5 rings (SSSR count). The van der Waals surface area contributed by atoms with Crippen LogP contribution in [0.25, 0.3) is 11.4 Å². The van der Waals surface area contributed by atoms with Gasteiger partial charge in [-0.2, -0.15) is 9.29 Å². The predicted octanol–water partition coefficient (Wildman–Crippen LogP) is 3.35. The topological polar surface area (TPSA) is 94.8 Å². The molecule has 1 atom stereocenters. The van der Waals surface area contributed by atoms with Crippen molar-refractivity contribution in [3.8, 4) is 22.9 Å². The molecule has 0 saturated heterocycles. The van der Waals surface area contributed by atoms with E-state index in [-0.39, 0.29) is 18.5 Å². The molecule has 0 spiro atoms. The van der Waals surface area contributed by atoms with Gasteiger partial charge < -0.3 is 14.0 Å². The van der Waals surface area contributed by atoms with Gasteiger partial charge in [-0.25, -0.2) is 8.42 Å². The highest BCUT2D eigenvalue weighted by Gasteiger charge is 2.33. The van der Waals surface area contributed by atoms with Gasteiger partial charge in [0.25, 0.3) is 0 Å². The smallest absolute Gasteiger partial charge is 0.242 e. The van der Waals surface area contributed by atoms with Gasteiger partial charge in [-0.1, -0.05) is 29.4 Å². The molecule has 1 aromatic heterocycles. The van der Waals surface area contributed by atoms with E-state index < -0.39 is 10.0 Å². The molecule has 0 amide bonds. The van der Waals surface area contributed by atoms with Crippen molar-refractivity contribution >= 4 is 10.0 Å². The van der Waals surface area contributed by atoms with Crippen LogP contribution in [0, 0.1) is 0 Å². The molecule has 0 bridgehead atoms. The number of rotatable bonds is 5. The summed E-state index contributed by atoms with van der Waals surface area (Å²) in [7, 11) is -3.50. The van der Waals surface area contributed by atoms with E-state index in [1.54, 1.807) is 6.07 Å². The van der Waals surface area contributed by atoms with E-state index in [9.17, 15) is 8.42 Å². The Bertz CT molecular complexity index is 1210. The Balaban J connectivity index is 1.43. The largest absolute Gasteiger partial charge is 0.486 e. The highest BCUT2D eigenvalue weighted by atomic mass is 32.2. The van der Waals surface area contributed by atoms with Crippen LogP contribution in [0.4, 0.5) is 0 Å². The average Bonchev–Trinajstić information content (AvgIpc) is 3.25. The van der Waals surface area contributed by atoms with Crippen LogP contribution in [0.3, 0.4) is 0 Å². The molecule has 0 radical (unpaired) electrons. The Morgan fingerprint density at radius 3 is 2.74 bits per heavy atom. The van der Waals surface area contributed by atoms with Crippen molar-refractivity contribution in [2.75, 3.05) is 19.5 Å². The molecular formula is C22H23N3O5S. The minimum atomic E-state index is -3.50. The average molecular weight is 442 g/mol. The normalized spacial score (nSPS) is 18.1. The van der Waals surface area contributed by atoms with Gasteiger partial charge in [0, 0.05) is 5.56 Å². The maximum atomic E-state index is 12.7. The molecule has 1 aliphatic carbocycles. The zero-order valence-electron chi connectivity index (χ0n) is 17.2. The van der Waals surface area contributed by atoms with E-state index in [4.69, 9.17) is 14.0 Å². The van der Waals surface area contributed by atoms with Crippen molar-refractivity contribution in [3.63, 3.8) is 0 Å². The van der Waals surface area contributed by atoms with Gasteiger partial charge in [0.2, 0.25) is 21.7 Å². The van der Waals surface area contributed by atoms with Crippen LogP contribution in [-0.2, 0) is 23.0 Å². The lowest BCUT2D eigenvalue weighted by molar-refractivity contribution is 0.171. The first-order valence-corrected chi connectivity index (χ1v) is 12.1. The van der Waals surface area contributed by atoms with Crippen LogP contribution in [0.2, 0.25) is 0 Å². The van der Waals surface area contributed by atoms with Crippen molar-refractivity contribution in [3.05, 3.63) is 59.5 Å². The number of aromatic nitrogens is 2. The van der Waals surface area contributed by atoms with Crippen LogP contribution >= 0.6 is 0 Å². The highest BCUT2D eigenvalue weighted by Crippen LogP contribution is 2.37. The summed E-state index contributed by atoms with van der Waals surface area (Å²) in [5.41, 5.74) is 2.95. The van der Waals surface area contributed by atoms with Crippen molar-refractivity contribution in [1.29, 1.82) is 0 Å². The second-order valence-corrected chi connectivity index (χ2v) is 9.72. The van der Waals surface area contributed by atoms with Gasteiger partial charge >= 0.3 is 0 Å². The van der Waals surface area contributed by atoms with Crippen LogP contribution in [-0.4, -0.2) is 42.3 Å². The van der Waals surface area contributed by atoms with Crippen LogP contribution < -0.4 is 9.47 Å². The van der Waals surface area contributed by atoms with E-state index in [0.717, 1.165) is 24.8 Å². The molecule has 0 fully saturated rings. The maximum Gasteiger partial charge on any atom is 0.242 e. The molecule has 0 N–H and O–H groups in total. The predicted molar refractivity (Wildman–Crippen MR) is 113 cm³/mol. The van der Waals surface area contributed by atoms with Crippen molar-refractivity contribution in [2.45, 2.75) is 31.8 Å². The summed E-state index contributed by atoms with van der Waals surface area (Å²) >= 11 is 0. The number of sulfonamides is 1. The minimum absolute atomic E-state index is 0.0232.